The van der Waals surface area contributed by atoms with Crippen LogP contribution in [0, 0.1) is 0 Å². The Labute approximate surface area is 196 Å². The van der Waals surface area contributed by atoms with Crippen molar-refractivity contribution in [2.45, 2.75) is 123 Å². The van der Waals surface area contributed by atoms with E-state index in [4.69, 9.17) is 9.47 Å². The first kappa shape index (κ1) is 28.2. The van der Waals surface area contributed by atoms with Gasteiger partial charge in [0, 0.05) is 0 Å². The van der Waals surface area contributed by atoms with E-state index in [0.717, 1.165) is 57.8 Å². The van der Waals surface area contributed by atoms with E-state index in [1.165, 1.54) is 38.5 Å². The summed E-state index contributed by atoms with van der Waals surface area (Å²) in [5.41, 5.74) is 0.616. The third-order valence-corrected chi connectivity index (χ3v) is 5.88. The van der Waals surface area contributed by atoms with Crippen LogP contribution in [0.4, 0.5) is 0 Å². The van der Waals surface area contributed by atoms with Gasteiger partial charge in [0.1, 0.15) is 6.10 Å². The monoisotopic (exact) mass is 446 g/mol. The van der Waals surface area contributed by atoms with Gasteiger partial charge in [0.15, 0.2) is 0 Å². The van der Waals surface area contributed by atoms with Gasteiger partial charge in [-0.2, -0.15) is 0 Å². The third kappa shape index (κ3) is 12.3. The molecule has 0 N–H and O–H groups in total. The van der Waals surface area contributed by atoms with Crippen LogP contribution in [-0.2, 0) is 9.47 Å². The molecule has 0 aliphatic heterocycles. The molecule has 0 aliphatic rings. The molecule has 0 saturated heterocycles. The maximum absolute atomic E-state index is 12.9. The molecular formula is C28H46O4. The molecule has 4 nitrogen and oxygen atoms in total. The molecule has 1 unspecified atom stereocenters. The third-order valence-electron chi connectivity index (χ3n) is 5.88. The van der Waals surface area contributed by atoms with Gasteiger partial charge in [-0.3, -0.25) is 0 Å². The fraction of sp³-hybridized carbons (Fsp3) is 0.714. The van der Waals surface area contributed by atoms with E-state index in [0.29, 0.717) is 17.7 Å². The molecule has 0 amide bonds. The minimum atomic E-state index is -0.434. The molecule has 1 aromatic rings. The summed E-state index contributed by atoms with van der Waals surface area (Å²) in [6.07, 6.45) is 16.7. The van der Waals surface area contributed by atoms with E-state index >= 15 is 0 Å². The number of hydrogen-bond acceptors (Lipinski definition) is 4. The summed E-state index contributed by atoms with van der Waals surface area (Å²) in [7, 11) is 0. The smallest absolute Gasteiger partial charge is 0.339 e. The van der Waals surface area contributed by atoms with E-state index in [-0.39, 0.29) is 6.10 Å². The molecular weight excluding hydrogens is 400 g/mol. The minimum absolute atomic E-state index is 0.0876. The van der Waals surface area contributed by atoms with Crippen molar-refractivity contribution in [3.63, 3.8) is 0 Å². The molecule has 32 heavy (non-hydrogen) atoms. The summed E-state index contributed by atoms with van der Waals surface area (Å²) in [6.45, 7) is 6.93. The summed E-state index contributed by atoms with van der Waals surface area (Å²) >= 11 is 0. The number of carbonyl (C=O) groups excluding carboxylic acids is 2. The first-order valence-electron chi connectivity index (χ1n) is 13.1. The molecule has 0 bridgehead atoms. The van der Waals surface area contributed by atoms with Crippen molar-refractivity contribution in [1.82, 2.24) is 0 Å². The molecule has 1 aromatic carbocycles. The van der Waals surface area contributed by atoms with Gasteiger partial charge in [-0.05, 0) is 37.8 Å². The first-order valence-corrected chi connectivity index (χ1v) is 13.1. The number of ether oxygens (including phenoxy) is 2. The van der Waals surface area contributed by atoms with Gasteiger partial charge in [0.25, 0.3) is 0 Å². The quantitative estimate of drug-likeness (QED) is 0.158. The number of hydrogen-bond donors (Lipinski definition) is 0. The standard InChI is InChI=1S/C28H46O4/c1-4-7-10-11-12-13-14-18-23-31-27(29)25-21-16-17-22-26(25)28(30)32-24(19-9-6-3)20-15-8-5-2/h16-17,21-22,24H,4-15,18-20,23H2,1-3H3. The Morgan fingerprint density at radius 1 is 0.656 bits per heavy atom. The summed E-state index contributed by atoms with van der Waals surface area (Å²) in [6, 6.07) is 6.85. The van der Waals surface area contributed by atoms with Crippen molar-refractivity contribution >= 4 is 11.9 Å². The molecule has 182 valence electrons. The Morgan fingerprint density at radius 2 is 1.16 bits per heavy atom. The number of rotatable bonds is 19. The highest BCUT2D eigenvalue weighted by molar-refractivity contribution is 6.03. The Morgan fingerprint density at radius 3 is 1.78 bits per heavy atom. The van der Waals surface area contributed by atoms with Crippen LogP contribution in [-0.4, -0.2) is 24.6 Å². The van der Waals surface area contributed by atoms with Crippen LogP contribution >= 0.6 is 0 Å². The molecule has 0 fully saturated rings. The summed E-state index contributed by atoms with van der Waals surface area (Å²) in [4.78, 5) is 25.5. The maximum atomic E-state index is 12.9. The maximum Gasteiger partial charge on any atom is 0.339 e. The normalized spacial score (nSPS) is 11.8. The summed E-state index contributed by atoms with van der Waals surface area (Å²) in [5, 5.41) is 0. The topological polar surface area (TPSA) is 52.6 Å². The first-order chi connectivity index (χ1) is 15.6. The Hall–Kier alpha value is -1.84. The van der Waals surface area contributed by atoms with Gasteiger partial charge in [0.2, 0.25) is 0 Å². The largest absolute Gasteiger partial charge is 0.462 e. The van der Waals surface area contributed by atoms with Crippen LogP contribution in [0.3, 0.4) is 0 Å². The van der Waals surface area contributed by atoms with Crippen molar-refractivity contribution in [2.75, 3.05) is 6.61 Å². The second-order valence-corrected chi connectivity index (χ2v) is 8.82. The van der Waals surface area contributed by atoms with Crippen LogP contribution in [0.5, 0.6) is 0 Å². The zero-order chi connectivity index (χ0) is 23.4. The van der Waals surface area contributed by atoms with Gasteiger partial charge in [-0.15, -0.1) is 0 Å². The van der Waals surface area contributed by atoms with E-state index in [1.54, 1.807) is 24.3 Å². The van der Waals surface area contributed by atoms with Gasteiger partial charge < -0.3 is 9.47 Å². The molecule has 1 rings (SSSR count). The van der Waals surface area contributed by atoms with Crippen LogP contribution in [0.15, 0.2) is 24.3 Å². The van der Waals surface area contributed by atoms with Crippen molar-refractivity contribution in [3.8, 4) is 0 Å². The lowest BCUT2D eigenvalue weighted by Crippen LogP contribution is -2.21. The van der Waals surface area contributed by atoms with E-state index in [9.17, 15) is 9.59 Å². The number of unbranched alkanes of at least 4 members (excludes halogenated alkanes) is 10. The van der Waals surface area contributed by atoms with Crippen molar-refractivity contribution < 1.29 is 19.1 Å². The zero-order valence-electron chi connectivity index (χ0n) is 20.8. The van der Waals surface area contributed by atoms with E-state index < -0.39 is 11.9 Å². The van der Waals surface area contributed by atoms with Crippen LogP contribution in [0.2, 0.25) is 0 Å². The SMILES string of the molecule is CCCCCCCCCCOC(=O)c1ccccc1C(=O)OC(CCCC)CCCCC. The number of benzene rings is 1. The molecule has 0 spiro atoms. The average Bonchev–Trinajstić information content (AvgIpc) is 2.81. The molecule has 0 radical (unpaired) electrons. The average molecular weight is 447 g/mol. The summed E-state index contributed by atoms with van der Waals surface area (Å²) < 4.78 is 11.3. The highest BCUT2D eigenvalue weighted by Gasteiger charge is 2.22. The van der Waals surface area contributed by atoms with E-state index in [1.807, 2.05) is 0 Å². The van der Waals surface area contributed by atoms with Gasteiger partial charge in [0.05, 0.1) is 17.7 Å². The number of esters is 2. The lowest BCUT2D eigenvalue weighted by atomic mass is 10.0. The lowest BCUT2D eigenvalue weighted by Gasteiger charge is -2.18. The van der Waals surface area contributed by atoms with Crippen LogP contribution in [0.1, 0.15) is 138 Å². The molecule has 0 heterocycles. The fourth-order valence-corrected chi connectivity index (χ4v) is 3.85. The van der Waals surface area contributed by atoms with E-state index in [2.05, 4.69) is 20.8 Å². The fourth-order valence-electron chi connectivity index (χ4n) is 3.85. The second kappa shape index (κ2) is 18.7. The minimum Gasteiger partial charge on any atom is -0.462 e. The molecule has 0 aromatic heterocycles. The Kier molecular flexibility index (Phi) is 16.5. The van der Waals surface area contributed by atoms with Gasteiger partial charge >= 0.3 is 11.9 Å². The molecule has 4 heteroatoms. The van der Waals surface area contributed by atoms with Crippen molar-refractivity contribution in [1.29, 1.82) is 0 Å². The highest BCUT2D eigenvalue weighted by atomic mass is 16.5. The zero-order valence-corrected chi connectivity index (χ0v) is 20.8. The summed E-state index contributed by atoms with van der Waals surface area (Å²) in [5.74, 6) is -0.848. The molecule has 1 atom stereocenters. The highest BCUT2D eigenvalue weighted by Crippen LogP contribution is 2.18. The number of carbonyl (C=O) groups is 2. The molecule has 0 aliphatic carbocycles. The lowest BCUT2D eigenvalue weighted by molar-refractivity contribution is 0.0241. The van der Waals surface area contributed by atoms with Gasteiger partial charge in [-0.25, -0.2) is 9.59 Å². The van der Waals surface area contributed by atoms with Crippen molar-refractivity contribution in [3.05, 3.63) is 35.4 Å². The van der Waals surface area contributed by atoms with Crippen LogP contribution in [0.25, 0.3) is 0 Å². The Bertz CT molecular complexity index is 626. The predicted octanol–water partition coefficient (Wildman–Crippen LogP) is 8.28. The Balaban J connectivity index is 2.52. The van der Waals surface area contributed by atoms with Crippen LogP contribution < -0.4 is 0 Å². The predicted molar refractivity (Wildman–Crippen MR) is 132 cm³/mol. The van der Waals surface area contributed by atoms with Crippen molar-refractivity contribution in [2.24, 2.45) is 0 Å². The van der Waals surface area contributed by atoms with Gasteiger partial charge in [-0.1, -0.05) is 104 Å². The molecule has 0 saturated carbocycles. The second-order valence-electron chi connectivity index (χ2n) is 8.82.